The highest BCUT2D eigenvalue weighted by Crippen LogP contribution is 2.25. The number of aromatic nitrogens is 3. The van der Waals surface area contributed by atoms with E-state index in [9.17, 15) is 0 Å². The van der Waals surface area contributed by atoms with E-state index in [0.717, 1.165) is 82.7 Å². The number of hydrogen-bond acceptors (Lipinski definition) is 4. The van der Waals surface area contributed by atoms with Crippen LogP contribution < -0.4 is 5.32 Å². The molecule has 2 aliphatic heterocycles. The van der Waals surface area contributed by atoms with Gasteiger partial charge in [-0.15, -0.1) is 34.2 Å². The summed E-state index contributed by atoms with van der Waals surface area (Å²) in [5.74, 6) is 3.30. The average molecular weight is 566 g/mol. The van der Waals surface area contributed by atoms with E-state index in [1.165, 1.54) is 24.8 Å². The summed E-state index contributed by atoms with van der Waals surface area (Å²) in [7, 11) is 0. The van der Waals surface area contributed by atoms with Gasteiger partial charge in [-0.25, -0.2) is 0 Å². The van der Waals surface area contributed by atoms with Gasteiger partial charge in [0.05, 0.1) is 0 Å². The van der Waals surface area contributed by atoms with Crippen molar-refractivity contribution in [3.8, 4) is 0 Å². The van der Waals surface area contributed by atoms with Gasteiger partial charge in [0.1, 0.15) is 11.6 Å². The van der Waals surface area contributed by atoms with E-state index < -0.39 is 0 Å². The molecule has 0 amide bonds. The number of benzene rings is 1. The second kappa shape index (κ2) is 13.3. The number of piperazine rings is 1. The molecule has 0 saturated carbocycles. The predicted octanol–water partition coefficient (Wildman–Crippen LogP) is 3.90. The maximum Gasteiger partial charge on any atom is 0.194 e. The fourth-order valence-electron chi connectivity index (χ4n) is 5.04. The molecule has 1 unspecified atom stereocenters. The minimum atomic E-state index is 0. The van der Waals surface area contributed by atoms with Crippen molar-refractivity contribution in [3.63, 3.8) is 0 Å². The van der Waals surface area contributed by atoms with Crippen LogP contribution in [-0.2, 0) is 19.4 Å². The Bertz CT molecular complexity index is 859. The number of fused-ring (bicyclic) bond motifs is 1. The first-order valence-corrected chi connectivity index (χ1v) is 12.5. The van der Waals surface area contributed by atoms with E-state index in [1.54, 1.807) is 0 Å². The molecule has 1 saturated heterocycles. The SMILES string of the molecule is CCNC(=NCCc1nnc2n1CCCCC2)N1CCN(C(CC)c2ccccc2)CC1.I. The Morgan fingerprint density at radius 1 is 1.00 bits per heavy atom. The van der Waals surface area contributed by atoms with Crippen LogP contribution in [0.25, 0.3) is 0 Å². The van der Waals surface area contributed by atoms with Crippen molar-refractivity contribution in [1.29, 1.82) is 0 Å². The number of nitrogens with zero attached hydrogens (tertiary/aromatic N) is 6. The fourth-order valence-corrected chi connectivity index (χ4v) is 5.04. The molecule has 4 rings (SSSR count). The molecular weight excluding hydrogens is 525 g/mol. The molecular formula is C25H40IN7. The van der Waals surface area contributed by atoms with Gasteiger partial charge in [0.15, 0.2) is 5.96 Å². The minimum absolute atomic E-state index is 0. The maximum atomic E-state index is 4.96. The number of aliphatic imine (C=N–C) groups is 1. The minimum Gasteiger partial charge on any atom is -0.357 e. The van der Waals surface area contributed by atoms with Gasteiger partial charge in [-0.1, -0.05) is 43.7 Å². The Hall–Kier alpha value is -1.68. The van der Waals surface area contributed by atoms with Crippen molar-refractivity contribution in [2.45, 2.75) is 65.0 Å². The Labute approximate surface area is 216 Å². The molecule has 0 spiro atoms. The van der Waals surface area contributed by atoms with Crippen molar-refractivity contribution in [1.82, 2.24) is 29.9 Å². The summed E-state index contributed by atoms with van der Waals surface area (Å²) in [4.78, 5) is 10.0. The van der Waals surface area contributed by atoms with Gasteiger partial charge in [-0.2, -0.15) is 0 Å². The molecule has 2 aromatic rings. The highest BCUT2D eigenvalue weighted by Gasteiger charge is 2.25. The quantitative estimate of drug-likeness (QED) is 0.314. The second-order valence-electron chi connectivity index (χ2n) is 8.84. The molecule has 0 radical (unpaired) electrons. The molecule has 33 heavy (non-hydrogen) atoms. The summed E-state index contributed by atoms with van der Waals surface area (Å²) in [6.07, 6.45) is 6.81. The lowest BCUT2D eigenvalue weighted by atomic mass is 10.0. The summed E-state index contributed by atoms with van der Waals surface area (Å²) in [5, 5.41) is 12.4. The van der Waals surface area contributed by atoms with Crippen LogP contribution >= 0.6 is 24.0 Å². The molecule has 1 aromatic heterocycles. The number of guanidine groups is 1. The predicted molar refractivity (Wildman–Crippen MR) is 145 cm³/mol. The lowest BCUT2D eigenvalue weighted by Crippen LogP contribution is -2.53. The first-order valence-electron chi connectivity index (χ1n) is 12.5. The zero-order chi connectivity index (χ0) is 22.2. The molecule has 8 heteroatoms. The Morgan fingerprint density at radius 2 is 1.79 bits per heavy atom. The first-order chi connectivity index (χ1) is 15.8. The molecule has 1 N–H and O–H groups in total. The van der Waals surface area contributed by atoms with Crippen molar-refractivity contribution >= 4 is 29.9 Å². The summed E-state index contributed by atoms with van der Waals surface area (Å²) in [6, 6.07) is 11.4. The normalized spacial score (nSPS) is 18.2. The van der Waals surface area contributed by atoms with Crippen molar-refractivity contribution in [3.05, 3.63) is 47.5 Å². The van der Waals surface area contributed by atoms with Crippen molar-refractivity contribution in [2.24, 2.45) is 4.99 Å². The third-order valence-corrected chi connectivity index (χ3v) is 6.74. The van der Waals surface area contributed by atoms with Gasteiger partial charge < -0.3 is 14.8 Å². The zero-order valence-electron chi connectivity index (χ0n) is 20.2. The fraction of sp³-hybridized carbons (Fsp3) is 0.640. The van der Waals surface area contributed by atoms with Crippen LogP contribution in [-0.4, -0.2) is 69.8 Å². The standard InChI is InChI=1S/C25H39N7.HI/c1-3-22(21-11-7-5-8-12-21)30-17-19-31(20-18-30)25(26-4-2)27-15-14-24-29-28-23-13-9-6-10-16-32(23)24;/h5,7-8,11-12,22H,3-4,6,9-10,13-20H2,1-2H3,(H,26,27);1H. The number of aryl methyl sites for hydroxylation is 1. The Balaban J connectivity index is 0.00000306. The highest BCUT2D eigenvalue weighted by atomic mass is 127. The lowest BCUT2D eigenvalue weighted by Gasteiger charge is -2.40. The summed E-state index contributed by atoms with van der Waals surface area (Å²) >= 11 is 0. The number of rotatable bonds is 7. The molecule has 3 heterocycles. The van der Waals surface area contributed by atoms with E-state index in [0.29, 0.717) is 6.04 Å². The van der Waals surface area contributed by atoms with Gasteiger partial charge in [-0.3, -0.25) is 9.89 Å². The average Bonchev–Trinajstić information content (AvgIpc) is 3.06. The number of hydrogen-bond donors (Lipinski definition) is 1. The van der Waals surface area contributed by atoms with E-state index in [1.807, 2.05) is 0 Å². The van der Waals surface area contributed by atoms with Crippen LogP contribution in [0.4, 0.5) is 0 Å². The van der Waals surface area contributed by atoms with E-state index >= 15 is 0 Å². The van der Waals surface area contributed by atoms with E-state index in [4.69, 9.17) is 4.99 Å². The van der Waals surface area contributed by atoms with Crippen LogP contribution in [0.1, 0.15) is 62.8 Å². The smallest absolute Gasteiger partial charge is 0.194 e. The van der Waals surface area contributed by atoms with E-state index in [2.05, 4.69) is 74.1 Å². The molecule has 0 aliphatic carbocycles. The lowest BCUT2D eigenvalue weighted by molar-refractivity contribution is 0.127. The molecule has 182 valence electrons. The van der Waals surface area contributed by atoms with Crippen LogP contribution in [0.2, 0.25) is 0 Å². The van der Waals surface area contributed by atoms with Crippen molar-refractivity contribution < 1.29 is 0 Å². The van der Waals surface area contributed by atoms with Crippen LogP contribution in [0.3, 0.4) is 0 Å². The first kappa shape index (κ1) is 25.9. The van der Waals surface area contributed by atoms with Gasteiger partial charge in [0.2, 0.25) is 0 Å². The van der Waals surface area contributed by atoms with Crippen LogP contribution in [0.15, 0.2) is 35.3 Å². The van der Waals surface area contributed by atoms with Gasteiger partial charge in [0, 0.05) is 64.7 Å². The third kappa shape index (κ3) is 6.68. The Kier molecular flexibility index (Phi) is 10.4. The molecule has 7 nitrogen and oxygen atoms in total. The number of nitrogens with one attached hydrogen (secondary N) is 1. The van der Waals surface area contributed by atoms with Gasteiger partial charge in [0.25, 0.3) is 0 Å². The maximum absolute atomic E-state index is 4.96. The zero-order valence-corrected chi connectivity index (χ0v) is 22.6. The largest absolute Gasteiger partial charge is 0.357 e. The molecule has 1 fully saturated rings. The van der Waals surface area contributed by atoms with Gasteiger partial charge in [-0.05, 0) is 31.7 Å². The van der Waals surface area contributed by atoms with Crippen LogP contribution in [0, 0.1) is 0 Å². The molecule has 2 aliphatic rings. The van der Waals surface area contributed by atoms with Crippen LogP contribution in [0.5, 0.6) is 0 Å². The van der Waals surface area contributed by atoms with E-state index in [-0.39, 0.29) is 24.0 Å². The Morgan fingerprint density at radius 3 is 2.52 bits per heavy atom. The van der Waals surface area contributed by atoms with Crippen molar-refractivity contribution in [2.75, 3.05) is 39.3 Å². The molecule has 1 atom stereocenters. The highest BCUT2D eigenvalue weighted by molar-refractivity contribution is 14.0. The summed E-state index contributed by atoms with van der Waals surface area (Å²) in [5.41, 5.74) is 1.43. The number of halogens is 1. The second-order valence-corrected chi connectivity index (χ2v) is 8.84. The molecule has 1 aromatic carbocycles. The third-order valence-electron chi connectivity index (χ3n) is 6.74. The summed E-state index contributed by atoms with van der Waals surface area (Å²) in [6.45, 7) is 11.3. The topological polar surface area (TPSA) is 61.6 Å². The summed E-state index contributed by atoms with van der Waals surface area (Å²) < 4.78 is 2.34. The molecule has 0 bridgehead atoms. The van der Waals surface area contributed by atoms with Gasteiger partial charge >= 0.3 is 0 Å². The monoisotopic (exact) mass is 565 g/mol.